The number of hydrogen-bond acceptors (Lipinski definition) is 4. The topological polar surface area (TPSA) is 37.4 Å². The van der Waals surface area contributed by atoms with Crippen molar-refractivity contribution < 1.29 is 4.74 Å². The van der Waals surface area contributed by atoms with Crippen LogP contribution in [0.3, 0.4) is 0 Å². The molecule has 1 atom stereocenters. The molecule has 2 heterocycles. The second-order valence-electron chi connectivity index (χ2n) is 5.29. The largest absolute Gasteiger partial charge is 0.481 e. The molecule has 4 nitrogen and oxygen atoms in total. The van der Waals surface area contributed by atoms with E-state index in [0.29, 0.717) is 11.9 Å². The van der Waals surface area contributed by atoms with Crippen molar-refractivity contribution in [2.24, 2.45) is 0 Å². The molecule has 2 rings (SSSR count). The highest BCUT2D eigenvalue weighted by atomic mass is 16.5. The Bertz CT molecular complexity index is 360. The van der Waals surface area contributed by atoms with E-state index in [0.717, 1.165) is 13.1 Å². The van der Waals surface area contributed by atoms with Crippen molar-refractivity contribution in [1.29, 1.82) is 0 Å². The zero-order valence-electron chi connectivity index (χ0n) is 12.1. The monoisotopic (exact) mass is 263 g/mol. The minimum absolute atomic E-state index is 0.617. The highest BCUT2D eigenvalue weighted by Crippen LogP contribution is 2.11. The molecule has 1 N–H and O–H groups in total. The molecule has 1 aromatic heterocycles. The first kappa shape index (κ1) is 14.3. The fourth-order valence-electron chi connectivity index (χ4n) is 2.55. The first-order valence-electron chi connectivity index (χ1n) is 7.23. The van der Waals surface area contributed by atoms with Gasteiger partial charge in [0.25, 0.3) is 0 Å². The molecular weight excluding hydrogens is 238 g/mol. The molecule has 1 aliphatic heterocycles. The Kier molecular flexibility index (Phi) is 5.61. The Morgan fingerprint density at radius 1 is 1.32 bits per heavy atom. The lowest BCUT2D eigenvalue weighted by Gasteiger charge is -2.32. The van der Waals surface area contributed by atoms with Gasteiger partial charge in [-0.15, -0.1) is 0 Å². The van der Waals surface area contributed by atoms with Crippen LogP contribution in [0.25, 0.3) is 0 Å². The Morgan fingerprint density at radius 3 is 2.74 bits per heavy atom. The fourth-order valence-corrected chi connectivity index (χ4v) is 2.55. The summed E-state index contributed by atoms with van der Waals surface area (Å²) in [6.07, 6.45) is 5.98. The van der Waals surface area contributed by atoms with Crippen LogP contribution >= 0.6 is 0 Å². The minimum Gasteiger partial charge on any atom is -0.481 e. The standard InChI is InChI=1S/C15H25N3O/c1-13(18-8-4-3-5-9-18)10-16-11-14-6-7-15(19-2)17-12-14/h6-7,12-13,16H,3-5,8-11H2,1-2H3. The van der Waals surface area contributed by atoms with Crippen LogP contribution in [0.4, 0.5) is 0 Å². The number of nitrogens with one attached hydrogen (secondary N) is 1. The highest BCUT2D eigenvalue weighted by molar-refractivity contribution is 5.17. The number of methoxy groups -OCH3 is 1. The van der Waals surface area contributed by atoms with Gasteiger partial charge in [-0.1, -0.05) is 12.5 Å². The Morgan fingerprint density at radius 2 is 2.11 bits per heavy atom. The van der Waals surface area contributed by atoms with Crippen LogP contribution in [-0.4, -0.2) is 42.7 Å². The molecule has 1 aliphatic rings. The fraction of sp³-hybridized carbons (Fsp3) is 0.667. The third-order valence-electron chi connectivity index (χ3n) is 3.79. The number of nitrogens with zero attached hydrogens (tertiary/aromatic N) is 2. The summed E-state index contributed by atoms with van der Waals surface area (Å²) in [6.45, 7) is 6.73. The zero-order chi connectivity index (χ0) is 13.5. The summed E-state index contributed by atoms with van der Waals surface area (Å²) >= 11 is 0. The van der Waals surface area contributed by atoms with Gasteiger partial charge in [-0.25, -0.2) is 4.98 Å². The molecule has 1 unspecified atom stereocenters. The Labute approximate surface area is 116 Å². The Hall–Kier alpha value is -1.13. The van der Waals surface area contributed by atoms with Gasteiger partial charge in [-0.3, -0.25) is 4.90 Å². The normalized spacial score (nSPS) is 18.2. The molecule has 1 saturated heterocycles. The average Bonchev–Trinajstić information content (AvgIpc) is 2.49. The van der Waals surface area contributed by atoms with Crippen LogP contribution in [0.2, 0.25) is 0 Å². The second-order valence-corrected chi connectivity index (χ2v) is 5.29. The van der Waals surface area contributed by atoms with Gasteiger partial charge < -0.3 is 10.1 Å². The lowest BCUT2D eigenvalue weighted by molar-refractivity contribution is 0.170. The van der Waals surface area contributed by atoms with Crippen LogP contribution in [-0.2, 0) is 6.54 Å². The molecular formula is C15H25N3O. The summed E-state index contributed by atoms with van der Waals surface area (Å²) in [6, 6.07) is 4.58. The number of hydrogen-bond donors (Lipinski definition) is 1. The van der Waals surface area contributed by atoms with E-state index in [1.807, 2.05) is 12.3 Å². The van der Waals surface area contributed by atoms with Crippen molar-refractivity contribution >= 4 is 0 Å². The predicted molar refractivity (Wildman–Crippen MR) is 77.4 cm³/mol. The van der Waals surface area contributed by atoms with Crippen LogP contribution in [0.15, 0.2) is 18.3 Å². The first-order valence-corrected chi connectivity index (χ1v) is 7.23. The number of rotatable bonds is 6. The molecule has 0 aromatic carbocycles. The van der Waals surface area contributed by atoms with Crippen LogP contribution < -0.4 is 10.1 Å². The van der Waals surface area contributed by atoms with Gasteiger partial charge in [0.2, 0.25) is 5.88 Å². The zero-order valence-corrected chi connectivity index (χ0v) is 12.1. The average molecular weight is 263 g/mol. The van der Waals surface area contributed by atoms with Gasteiger partial charge in [0.15, 0.2) is 0 Å². The van der Waals surface area contributed by atoms with E-state index >= 15 is 0 Å². The number of ether oxygens (including phenoxy) is 1. The third-order valence-corrected chi connectivity index (χ3v) is 3.79. The van der Waals surface area contributed by atoms with Crippen LogP contribution in [0.5, 0.6) is 5.88 Å². The lowest BCUT2D eigenvalue weighted by Crippen LogP contribution is -2.42. The van der Waals surface area contributed by atoms with E-state index in [9.17, 15) is 0 Å². The molecule has 1 aromatic rings. The molecule has 19 heavy (non-hydrogen) atoms. The van der Waals surface area contributed by atoms with Gasteiger partial charge in [-0.2, -0.15) is 0 Å². The third kappa shape index (κ3) is 4.48. The molecule has 0 bridgehead atoms. The lowest BCUT2D eigenvalue weighted by atomic mass is 10.1. The quantitative estimate of drug-likeness (QED) is 0.852. The summed E-state index contributed by atoms with van der Waals surface area (Å²) in [5.74, 6) is 0.672. The van der Waals surface area contributed by atoms with Crippen molar-refractivity contribution in [2.45, 2.75) is 38.8 Å². The van der Waals surface area contributed by atoms with Crippen molar-refractivity contribution in [3.05, 3.63) is 23.9 Å². The molecule has 0 aliphatic carbocycles. The minimum atomic E-state index is 0.617. The van der Waals surface area contributed by atoms with Gasteiger partial charge in [0, 0.05) is 31.4 Å². The van der Waals surface area contributed by atoms with Gasteiger partial charge in [-0.05, 0) is 38.4 Å². The summed E-state index contributed by atoms with van der Waals surface area (Å²) in [7, 11) is 1.64. The highest BCUT2D eigenvalue weighted by Gasteiger charge is 2.15. The van der Waals surface area contributed by atoms with E-state index in [2.05, 4.69) is 28.2 Å². The van der Waals surface area contributed by atoms with Crippen molar-refractivity contribution in [1.82, 2.24) is 15.2 Å². The second kappa shape index (κ2) is 7.46. The first-order chi connectivity index (χ1) is 9.29. The van der Waals surface area contributed by atoms with E-state index in [1.54, 1.807) is 7.11 Å². The van der Waals surface area contributed by atoms with Crippen LogP contribution in [0.1, 0.15) is 31.7 Å². The van der Waals surface area contributed by atoms with Crippen LogP contribution in [0, 0.1) is 0 Å². The van der Waals surface area contributed by atoms with Gasteiger partial charge in [0.1, 0.15) is 0 Å². The summed E-state index contributed by atoms with van der Waals surface area (Å²) in [5, 5.41) is 3.51. The molecule has 0 spiro atoms. The van der Waals surface area contributed by atoms with E-state index in [1.165, 1.54) is 37.9 Å². The molecule has 0 saturated carbocycles. The number of likely N-dealkylation sites (tertiary alicyclic amines) is 1. The molecule has 0 amide bonds. The summed E-state index contributed by atoms with van der Waals surface area (Å²) < 4.78 is 5.05. The summed E-state index contributed by atoms with van der Waals surface area (Å²) in [5.41, 5.74) is 1.20. The van der Waals surface area contributed by atoms with Crippen molar-refractivity contribution in [3.8, 4) is 5.88 Å². The predicted octanol–water partition coefficient (Wildman–Crippen LogP) is 2.05. The number of piperidine rings is 1. The van der Waals surface area contributed by atoms with Crippen molar-refractivity contribution in [3.63, 3.8) is 0 Å². The summed E-state index contributed by atoms with van der Waals surface area (Å²) in [4.78, 5) is 6.80. The number of aromatic nitrogens is 1. The SMILES string of the molecule is COc1ccc(CNCC(C)N2CCCCC2)cn1. The smallest absolute Gasteiger partial charge is 0.212 e. The Balaban J connectivity index is 1.69. The molecule has 0 radical (unpaired) electrons. The maximum Gasteiger partial charge on any atom is 0.212 e. The van der Waals surface area contributed by atoms with E-state index < -0.39 is 0 Å². The molecule has 4 heteroatoms. The van der Waals surface area contributed by atoms with E-state index in [-0.39, 0.29) is 0 Å². The maximum absolute atomic E-state index is 5.05. The van der Waals surface area contributed by atoms with Gasteiger partial charge in [0.05, 0.1) is 7.11 Å². The maximum atomic E-state index is 5.05. The van der Waals surface area contributed by atoms with E-state index in [4.69, 9.17) is 4.74 Å². The molecule has 1 fully saturated rings. The van der Waals surface area contributed by atoms with Crippen molar-refractivity contribution in [2.75, 3.05) is 26.7 Å². The van der Waals surface area contributed by atoms with Gasteiger partial charge >= 0.3 is 0 Å². The molecule has 106 valence electrons. The number of pyridine rings is 1.